The minimum atomic E-state index is -0.141. The lowest BCUT2D eigenvalue weighted by atomic mass is 9.86. The van der Waals surface area contributed by atoms with Crippen molar-refractivity contribution in [2.24, 2.45) is 5.92 Å². The zero-order valence-corrected chi connectivity index (χ0v) is 13.2. The van der Waals surface area contributed by atoms with Gasteiger partial charge in [-0.25, -0.2) is 4.79 Å². The quantitative estimate of drug-likeness (QED) is 0.834. The number of nitrogens with one attached hydrogen (secondary N) is 2. The number of benzene rings is 1. The van der Waals surface area contributed by atoms with Gasteiger partial charge in [-0.15, -0.1) is 0 Å². The minimum Gasteiger partial charge on any atom is -0.473 e. The Balaban J connectivity index is 1.72. The van der Waals surface area contributed by atoms with Gasteiger partial charge in [0.05, 0.1) is 0 Å². The van der Waals surface area contributed by atoms with E-state index in [1.807, 2.05) is 25.1 Å². The molecule has 2 unspecified atom stereocenters. The summed E-state index contributed by atoms with van der Waals surface area (Å²) in [6.07, 6.45) is 4.75. The van der Waals surface area contributed by atoms with Gasteiger partial charge in [-0.3, -0.25) is 0 Å². The van der Waals surface area contributed by atoms with Crippen molar-refractivity contribution in [3.05, 3.63) is 29.3 Å². The average Bonchev–Trinajstić information content (AvgIpc) is 2.45. The van der Waals surface area contributed by atoms with Crippen molar-refractivity contribution in [1.29, 1.82) is 0 Å². The van der Waals surface area contributed by atoms with E-state index in [4.69, 9.17) is 4.74 Å². The fourth-order valence-corrected chi connectivity index (χ4v) is 2.74. The van der Waals surface area contributed by atoms with Gasteiger partial charge in [-0.2, -0.15) is 0 Å². The molecule has 0 saturated heterocycles. The molecule has 4 nitrogen and oxygen atoms in total. The largest absolute Gasteiger partial charge is 0.473 e. The maximum Gasteiger partial charge on any atom is 0.317 e. The van der Waals surface area contributed by atoms with Crippen LogP contribution in [-0.2, 0) is 0 Å². The number of carbonyl (C=O) groups is 1. The minimum absolute atomic E-state index is 0.141. The number of hydrogen-bond acceptors (Lipinski definition) is 2. The van der Waals surface area contributed by atoms with Gasteiger partial charge < -0.3 is 15.4 Å². The van der Waals surface area contributed by atoms with Crippen LogP contribution in [0.25, 0.3) is 0 Å². The van der Waals surface area contributed by atoms with Gasteiger partial charge in [-0.05, 0) is 55.9 Å². The molecule has 0 radical (unpaired) electrons. The van der Waals surface area contributed by atoms with Crippen molar-refractivity contribution in [3.63, 3.8) is 0 Å². The Labute approximate surface area is 127 Å². The summed E-state index contributed by atoms with van der Waals surface area (Å²) in [6.45, 7) is 6.51. The van der Waals surface area contributed by atoms with Crippen molar-refractivity contribution < 1.29 is 9.53 Å². The fraction of sp³-hybridized carbons (Fsp3) is 0.588. The second kappa shape index (κ2) is 7.34. The molecule has 1 aliphatic rings. The van der Waals surface area contributed by atoms with Crippen molar-refractivity contribution in [2.45, 2.75) is 52.5 Å². The summed E-state index contributed by atoms with van der Waals surface area (Å²) in [7, 11) is 0. The van der Waals surface area contributed by atoms with Crippen LogP contribution in [0.15, 0.2) is 18.2 Å². The van der Waals surface area contributed by atoms with Crippen molar-refractivity contribution >= 4 is 6.03 Å². The van der Waals surface area contributed by atoms with Crippen molar-refractivity contribution in [1.82, 2.24) is 10.6 Å². The molecule has 0 aliphatic heterocycles. The summed E-state index contributed by atoms with van der Waals surface area (Å²) in [5, 5.41) is 5.81. The van der Waals surface area contributed by atoms with E-state index in [9.17, 15) is 4.79 Å². The Morgan fingerprint density at radius 1 is 1.24 bits per heavy atom. The highest BCUT2D eigenvalue weighted by Crippen LogP contribution is 2.23. The highest BCUT2D eigenvalue weighted by atomic mass is 16.5. The molecule has 1 aliphatic carbocycles. The van der Waals surface area contributed by atoms with Crippen LogP contribution in [-0.4, -0.2) is 18.8 Å². The molecule has 0 aromatic heterocycles. The van der Waals surface area contributed by atoms with Crippen molar-refractivity contribution in [2.75, 3.05) is 6.73 Å². The van der Waals surface area contributed by atoms with Gasteiger partial charge >= 0.3 is 6.03 Å². The monoisotopic (exact) mass is 290 g/mol. The molecule has 1 aromatic rings. The average molecular weight is 290 g/mol. The molecule has 0 spiro atoms. The third kappa shape index (κ3) is 4.66. The maximum absolute atomic E-state index is 11.9. The molecule has 116 valence electrons. The van der Waals surface area contributed by atoms with Gasteiger partial charge in [-0.1, -0.05) is 25.8 Å². The molecule has 1 fully saturated rings. The topological polar surface area (TPSA) is 50.4 Å². The summed E-state index contributed by atoms with van der Waals surface area (Å²) < 4.78 is 5.56. The number of aryl methyl sites for hydroxylation is 2. The molecular formula is C17H26N2O2. The normalized spacial score (nSPS) is 21.7. The molecule has 2 rings (SSSR count). The van der Waals surface area contributed by atoms with Crippen LogP contribution in [0.3, 0.4) is 0 Å². The van der Waals surface area contributed by atoms with Gasteiger partial charge in [0.2, 0.25) is 0 Å². The van der Waals surface area contributed by atoms with E-state index in [-0.39, 0.29) is 12.8 Å². The van der Waals surface area contributed by atoms with Crippen LogP contribution in [0.1, 0.15) is 43.7 Å². The SMILES string of the molecule is Cc1ccc(OCNC(=O)NC2CCCCC2C)cc1C. The first-order valence-electron chi connectivity index (χ1n) is 7.80. The highest BCUT2D eigenvalue weighted by molar-refractivity contribution is 5.74. The molecule has 2 N–H and O–H groups in total. The number of ether oxygens (including phenoxy) is 1. The zero-order valence-electron chi connectivity index (χ0n) is 13.2. The van der Waals surface area contributed by atoms with E-state index in [2.05, 4.69) is 24.5 Å². The second-order valence-corrected chi connectivity index (χ2v) is 6.05. The summed E-state index contributed by atoms with van der Waals surface area (Å²) in [5.74, 6) is 1.34. The van der Waals surface area contributed by atoms with E-state index in [1.165, 1.54) is 30.4 Å². The molecule has 21 heavy (non-hydrogen) atoms. The Bertz CT molecular complexity index is 488. The molecular weight excluding hydrogens is 264 g/mol. The Hall–Kier alpha value is -1.71. The van der Waals surface area contributed by atoms with Crippen molar-refractivity contribution in [3.8, 4) is 5.75 Å². The number of carbonyl (C=O) groups excluding carboxylic acids is 1. The first-order chi connectivity index (χ1) is 10.1. The Kier molecular flexibility index (Phi) is 5.48. The highest BCUT2D eigenvalue weighted by Gasteiger charge is 2.22. The molecule has 0 bridgehead atoms. The van der Waals surface area contributed by atoms with Crippen LogP contribution in [0.4, 0.5) is 4.79 Å². The third-order valence-corrected chi connectivity index (χ3v) is 4.38. The molecule has 0 heterocycles. The molecule has 2 amide bonds. The molecule has 2 atom stereocenters. The van der Waals surface area contributed by atoms with Gasteiger partial charge in [0.25, 0.3) is 0 Å². The Morgan fingerprint density at radius 3 is 2.71 bits per heavy atom. The van der Waals surface area contributed by atoms with E-state index < -0.39 is 0 Å². The predicted octanol–water partition coefficient (Wildman–Crippen LogP) is 3.52. The lowest BCUT2D eigenvalue weighted by Gasteiger charge is -2.29. The summed E-state index contributed by atoms with van der Waals surface area (Å²) in [5.41, 5.74) is 2.42. The van der Waals surface area contributed by atoms with E-state index in [1.54, 1.807) is 0 Å². The summed E-state index contributed by atoms with van der Waals surface area (Å²) in [4.78, 5) is 11.9. The van der Waals surface area contributed by atoms with Gasteiger partial charge in [0, 0.05) is 6.04 Å². The van der Waals surface area contributed by atoms with Crippen LogP contribution >= 0.6 is 0 Å². The first kappa shape index (κ1) is 15.7. The standard InChI is InChI=1S/C17H26N2O2/c1-12-8-9-15(10-14(12)3)21-11-18-17(20)19-16-7-5-4-6-13(16)2/h8-10,13,16H,4-7,11H2,1-3H3,(H2,18,19,20). The second-order valence-electron chi connectivity index (χ2n) is 6.05. The summed E-state index contributed by atoms with van der Waals surface area (Å²) in [6, 6.07) is 6.08. The van der Waals surface area contributed by atoms with Crippen LogP contribution in [0, 0.1) is 19.8 Å². The Morgan fingerprint density at radius 2 is 2.00 bits per heavy atom. The molecule has 1 saturated carbocycles. The summed E-state index contributed by atoms with van der Waals surface area (Å²) >= 11 is 0. The third-order valence-electron chi connectivity index (χ3n) is 4.38. The number of urea groups is 1. The predicted molar refractivity (Wildman–Crippen MR) is 84.5 cm³/mol. The van der Waals surface area contributed by atoms with Gasteiger partial charge in [0.15, 0.2) is 6.73 Å². The number of hydrogen-bond donors (Lipinski definition) is 2. The maximum atomic E-state index is 11.9. The van der Waals surface area contributed by atoms with Crippen LogP contribution in [0.2, 0.25) is 0 Å². The molecule has 1 aromatic carbocycles. The number of amides is 2. The zero-order chi connectivity index (χ0) is 15.2. The smallest absolute Gasteiger partial charge is 0.317 e. The lowest BCUT2D eigenvalue weighted by Crippen LogP contribution is -2.46. The first-order valence-corrected chi connectivity index (χ1v) is 7.80. The fourth-order valence-electron chi connectivity index (χ4n) is 2.74. The van der Waals surface area contributed by atoms with E-state index >= 15 is 0 Å². The lowest BCUT2D eigenvalue weighted by molar-refractivity contribution is 0.208. The van der Waals surface area contributed by atoms with E-state index in [0.29, 0.717) is 12.0 Å². The number of rotatable bonds is 4. The molecule has 4 heteroatoms. The van der Waals surface area contributed by atoms with Crippen LogP contribution in [0.5, 0.6) is 5.75 Å². The van der Waals surface area contributed by atoms with Gasteiger partial charge in [0.1, 0.15) is 5.75 Å². The van der Waals surface area contributed by atoms with E-state index in [0.717, 1.165) is 12.2 Å². The van der Waals surface area contributed by atoms with Crippen LogP contribution < -0.4 is 15.4 Å².